The molecule has 3 rings (SSSR count). The van der Waals surface area contributed by atoms with Crippen molar-refractivity contribution >= 4 is 44.8 Å². The summed E-state index contributed by atoms with van der Waals surface area (Å²) in [6.45, 7) is 0. The molecule has 0 bridgehead atoms. The molecule has 104 valence electrons. The minimum Gasteiger partial charge on any atom is -0.381 e. The van der Waals surface area contributed by atoms with Crippen molar-refractivity contribution in [3.8, 4) is 0 Å². The molecule has 1 N–H and O–H groups in total. The highest BCUT2D eigenvalue weighted by molar-refractivity contribution is 9.10. The lowest BCUT2D eigenvalue weighted by Crippen LogP contribution is -2.34. The molecule has 4 heteroatoms. The summed E-state index contributed by atoms with van der Waals surface area (Å²) in [5.74, 6) is 0.620. The number of halogens is 3. The van der Waals surface area contributed by atoms with Crippen molar-refractivity contribution in [2.75, 3.05) is 5.32 Å². The number of hydrogen-bond donors (Lipinski definition) is 1. The van der Waals surface area contributed by atoms with E-state index in [9.17, 15) is 0 Å². The molecule has 0 aliphatic heterocycles. The van der Waals surface area contributed by atoms with E-state index >= 15 is 0 Å². The van der Waals surface area contributed by atoms with Gasteiger partial charge in [0.15, 0.2) is 0 Å². The van der Waals surface area contributed by atoms with Gasteiger partial charge in [-0.2, -0.15) is 0 Å². The van der Waals surface area contributed by atoms with Gasteiger partial charge in [0.1, 0.15) is 0 Å². The third-order valence-corrected chi connectivity index (χ3v) is 5.04. The SMILES string of the molecule is Clc1ccc(NC2CC(c3ccccc3Br)C2)c(Cl)c1. The lowest BCUT2D eigenvalue weighted by Gasteiger charge is -2.37. The highest BCUT2D eigenvalue weighted by atomic mass is 79.9. The summed E-state index contributed by atoms with van der Waals surface area (Å²) in [7, 11) is 0. The molecule has 0 saturated heterocycles. The van der Waals surface area contributed by atoms with Crippen molar-refractivity contribution in [1.29, 1.82) is 0 Å². The van der Waals surface area contributed by atoms with Gasteiger partial charge in [-0.3, -0.25) is 0 Å². The number of anilines is 1. The molecule has 0 spiro atoms. The minimum atomic E-state index is 0.478. The zero-order chi connectivity index (χ0) is 14.1. The molecule has 2 aromatic rings. The Bertz CT molecular complexity index is 624. The van der Waals surface area contributed by atoms with E-state index < -0.39 is 0 Å². The molecular formula is C16H14BrCl2N. The van der Waals surface area contributed by atoms with Gasteiger partial charge < -0.3 is 5.32 Å². The summed E-state index contributed by atoms with van der Waals surface area (Å²) in [4.78, 5) is 0. The maximum Gasteiger partial charge on any atom is 0.0652 e. The van der Waals surface area contributed by atoms with Crippen LogP contribution in [0.25, 0.3) is 0 Å². The molecule has 1 aliphatic carbocycles. The summed E-state index contributed by atoms with van der Waals surface area (Å²) in [6.07, 6.45) is 2.25. The van der Waals surface area contributed by atoms with Crippen LogP contribution >= 0.6 is 39.1 Å². The monoisotopic (exact) mass is 369 g/mol. The number of benzene rings is 2. The molecule has 0 aromatic heterocycles. The molecule has 1 aliphatic rings. The molecule has 0 unspecified atom stereocenters. The van der Waals surface area contributed by atoms with Crippen LogP contribution in [0.5, 0.6) is 0 Å². The molecule has 1 saturated carbocycles. The molecule has 20 heavy (non-hydrogen) atoms. The number of hydrogen-bond acceptors (Lipinski definition) is 1. The van der Waals surface area contributed by atoms with Crippen molar-refractivity contribution in [2.45, 2.75) is 24.8 Å². The lowest BCUT2D eigenvalue weighted by atomic mass is 9.76. The van der Waals surface area contributed by atoms with Gasteiger partial charge in [-0.15, -0.1) is 0 Å². The molecule has 1 fully saturated rings. The molecule has 0 atom stereocenters. The zero-order valence-corrected chi connectivity index (χ0v) is 13.8. The van der Waals surface area contributed by atoms with E-state index in [2.05, 4.69) is 45.5 Å². The second-order valence-electron chi connectivity index (χ2n) is 5.16. The first-order valence-corrected chi connectivity index (χ1v) is 8.14. The maximum atomic E-state index is 6.18. The van der Waals surface area contributed by atoms with Crippen molar-refractivity contribution in [3.05, 3.63) is 62.5 Å². The Labute approximate surface area is 137 Å². The van der Waals surface area contributed by atoms with Gasteiger partial charge in [0, 0.05) is 15.5 Å². The van der Waals surface area contributed by atoms with Crippen LogP contribution < -0.4 is 5.32 Å². The molecule has 2 aromatic carbocycles. The quantitative estimate of drug-likeness (QED) is 0.686. The third-order valence-electron chi connectivity index (χ3n) is 3.77. The van der Waals surface area contributed by atoms with E-state index in [1.54, 1.807) is 6.07 Å². The highest BCUT2D eigenvalue weighted by Crippen LogP contribution is 2.42. The summed E-state index contributed by atoms with van der Waals surface area (Å²) >= 11 is 15.7. The zero-order valence-electron chi connectivity index (χ0n) is 10.7. The third kappa shape index (κ3) is 2.98. The van der Waals surface area contributed by atoms with Crippen LogP contribution in [0.15, 0.2) is 46.9 Å². The first-order chi connectivity index (χ1) is 9.63. The molecule has 1 nitrogen and oxygen atoms in total. The minimum absolute atomic E-state index is 0.478. The molecule has 0 radical (unpaired) electrons. The van der Waals surface area contributed by atoms with Gasteiger partial charge in [0.2, 0.25) is 0 Å². The van der Waals surface area contributed by atoms with Crippen LogP contribution in [0.3, 0.4) is 0 Å². The van der Waals surface area contributed by atoms with Gasteiger partial charge >= 0.3 is 0 Å². The Morgan fingerprint density at radius 1 is 1.05 bits per heavy atom. The maximum absolute atomic E-state index is 6.18. The van der Waals surface area contributed by atoms with Crippen molar-refractivity contribution in [1.82, 2.24) is 0 Å². The first kappa shape index (κ1) is 14.2. The van der Waals surface area contributed by atoms with Crippen LogP contribution in [0, 0.1) is 0 Å². The fourth-order valence-corrected chi connectivity index (χ4v) is 3.69. The lowest BCUT2D eigenvalue weighted by molar-refractivity contribution is 0.373. The van der Waals surface area contributed by atoms with Gasteiger partial charge in [-0.25, -0.2) is 0 Å². The fraction of sp³-hybridized carbons (Fsp3) is 0.250. The van der Waals surface area contributed by atoms with Gasteiger partial charge in [0.25, 0.3) is 0 Å². The van der Waals surface area contributed by atoms with Gasteiger partial charge in [-0.05, 0) is 48.6 Å². The normalized spacial score (nSPS) is 21.4. The largest absolute Gasteiger partial charge is 0.381 e. The topological polar surface area (TPSA) is 12.0 Å². The van der Waals surface area contributed by atoms with Crippen LogP contribution in [0.1, 0.15) is 24.3 Å². The van der Waals surface area contributed by atoms with Crippen LogP contribution in [0.2, 0.25) is 10.0 Å². The number of nitrogens with one attached hydrogen (secondary N) is 1. The van der Waals surface area contributed by atoms with E-state index in [0.717, 1.165) is 18.5 Å². The summed E-state index contributed by atoms with van der Waals surface area (Å²) in [5, 5.41) is 4.84. The fourth-order valence-electron chi connectivity index (χ4n) is 2.62. The Morgan fingerprint density at radius 3 is 2.50 bits per heavy atom. The summed E-state index contributed by atoms with van der Waals surface area (Å²) < 4.78 is 1.20. The van der Waals surface area contributed by atoms with E-state index in [-0.39, 0.29) is 0 Å². The van der Waals surface area contributed by atoms with E-state index in [1.165, 1.54) is 10.0 Å². The van der Waals surface area contributed by atoms with E-state index in [4.69, 9.17) is 23.2 Å². The van der Waals surface area contributed by atoms with Gasteiger partial charge in [0.05, 0.1) is 10.7 Å². The Hall–Kier alpha value is -0.700. The first-order valence-electron chi connectivity index (χ1n) is 6.59. The number of rotatable bonds is 3. The summed E-state index contributed by atoms with van der Waals surface area (Å²) in [5.41, 5.74) is 2.36. The molecule has 0 heterocycles. The second-order valence-corrected chi connectivity index (χ2v) is 6.85. The molecular weight excluding hydrogens is 357 g/mol. The average molecular weight is 371 g/mol. The van der Waals surface area contributed by atoms with Crippen molar-refractivity contribution < 1.29 is 0 Å². The standard InChI is InChI=1S/C16H14BrCl2N/c17-14-4-2-1-3-13(14)10-7-12(8-10)20-16-6-5-11(18)9-15(16)19/h1-6,9-10,12,20H,7-8H2. The van der Waals surface area contributed by atoms with E-state index in [1.807, 2.05) is 12.1 Å². The summed E-state index contributed by atoms with van der Waals surface area (Å²) in [6, 6.07) is 14.5. The van der Waals surface area contributed by atoms with Crippen LogP contribution in [-0.4, -0.2) is 6.04 Å². The second kappa shape index (κ2) is 5.97. The van der Waals surface area contributed by atoms with Crippen molar-refractivity contribution in [2.24, 2.45) is 0 Å². The Kier molecular flexibility index (Phi) is 4.25. The van der Waals surface area contributed by atoms with E-state index in [0.29, 0.717) is 22.0 Å². The Morgan fingerprint density at radius 2 is 1.80 bits per heavy atom. The molecule has 0 amide bonds. The van der Waals surface area contributed by atoms with Gasteiger partial charge in [-0.1, -0.05) is 57.3 Å². The van der Waals surface area contributed by atoms with Crippen LogP contribution in [-0.2, 0) is 0 Å². The Balaban J connectivity index is 1.62. The predicted octanol–water partition coefficient (Wildman–Crippen LogP) is 6.11. The van der Waals surface area contributed by atoms with Crippen LogP contribution in [0.4, 0.5) is 5.69 Å². The smallest absolute Gasteiger partial charge is 0.0652 e. The predicted molar refractivity (Wildman–Crippen MR) is 90.0 cm³/mol. The average Bonchev–Trinajstić information content (AvgIpc) is 2.37. The van der Waals surface area contributed by atoms with Crippen molar-refractivity contribution in [3.63, 3.8) is 0 Å². The highest BCUT2D eigenvalue weighted by Gasteiger charge is 2.31.